The maximum atomic E-state index is 13.4. The summed E-state index contributed by atoms with van der Waals surface area (Å²) in [6, 6.07) is 12.5. The molecule has 6 nitrogen and oxygen atoms in total. The molecule has 2 N–H and O–H groups in total. The van der Waals surface area contributed by atoms with Gasteiger partial charge in [0.05, 0.1) is 5.69 Å². The highest BCUT2D eigenvalue weighted by atomic mass is 19.1. The molecule has 3 heterocycles. The molecule has 1 aliphatic rings. The lowest BCUT2D eigenvalue weighted by molar-refractivity contribution is -0.129. The molecule has 0 aliphatic carbocycles. The average molecular weight is 413 g/mol. The van der Waals surface area contributed by atoms with E-state index in [-0.39, 0.29) is 11.9 Å². The molecule has 2 aromatic heterocycles. The Morgan fingerprint density at radius 3 is 2.71 bits per heavy atom. The fourth-order valence-electron chi connectivity index (χ4n) is 3.63. The van der Waals surface area contributed by atoms with Crippen LogP contribution in [0.25, 0.3) is 11.1 Å². The molecule has 0 bridgehead atoms. The second-order valence-corrected chi connectivity index (χ2v) is 7.15. The number of aliphatic imine (C=N–C) groups is 1. The molecule has 1 aromatic carbocycles. The maximum absolute atomic E-state index is 13.4. The van der Waals surface area contributed by atoms with Gasteiger partial charge >= 0.3 is 0 Å². The summed E-state index contributed by atoms with van der Waals surface area (Å²) in [6.07, 6.45) is 4.90. The van der Waals surface area contributed by atoms with Crippen molar-refractivity contribution in [1.29, 1.82) is 0 Å². The van der Waals surface area contributed by atoms with Crippen molar-refractivity contribution in [1.82, 2.24) is 14.9 Å². The predicted octanol–water partition coefficient (Wildman–Crippen LogP) is 3.01. The molecule has 154 valence electrons. The summed E-state index contributed by atoms with van der Waals surface area (Å²) >= 11 is 0. The fraction of sp³-hybridized carbons (Fsp3) is 0.167. The Morgan fingerprint density at radius 2 is 2.00 bits per heavy atom. The van der Waals surface area contributed by atoms with E-state index in [9.17, 15) is 9.18 Å². The molecule has 4 rings (SSSR count). The molecule has 1 aliphatic heterocycles. The Morgan fingerprint density at radius 1 is 1.16 bits per heavy atom. The lowest BCUT2D eigenvalue weighted by Crippen LogP contribution is -2.41. The zero-order valence-electron chi connectivity index (χ0n) is 17.1. The van der Waals surface area contributed by atoms with Gasteiger partial charge in [0.25, 0.3) is 5.91 Å². The van der Waals surface area contributed by atoms with Crippen LogP contribution in [-0.4, -0.2) is 33.8 Å². The summed E-state index contributed by atoms with van der Waals surface area (Å²) in [6.45, 7) is 1.09. The van der Waals surface area contributed by atoms with Gasteiger partial charge in [-0.05, 0) is 47.9 Å². The van der Waals surface area contributed by atoms with E-state index in [2.05, 4.69) is 26.8 Å². The van der Waals surface area contributed by atoms with Crippen LogP contribution in [0.5, 0.6) is 0 Å². The minimum atomic E-state index is -1.49. The van der Waals surface area contributed by atoms with Crippen LogP contribution in [0, 0.1) is 11.8 Å². The number of hydrogen-bond donors (Lipinski definition) is 1. The Hall–Kier alpha value is -4.05. The van der Waals surface area contributed by atoms with Gasteiger partial charge < -0.3 is 5.73 Å². The number of guanidine groups is 1. The number of hydrogen-bond acceptors (Lipinski definition) is 5. The first-order valence-electron chi connectivity index (χ1n) is 9.63. The first-order chi connectivity index (χ1) is 15.0. The van der Waals surface area contributed by atoms with Gasteiger partial charge in [-0.1, -0.05) is 24.1 Å². The van der Waals surface area contributed by atoms with Crippen LogP contribution in [0.15, 0.2) is 66.0 Å². The van der Waals surface area contributed by atoms with Crippen LogP contribution in [0.1, 0.15) is 29.3 Å². The number of halogens is 1. The second kappa shape index (κ2) is 8.00. The number of carbonyl (C=O) groups is 1. The SMILES string of the molecule is CC#Cc1cncc(-c2cccc(C3(c4cc(CF)ccn4)N=C(N)N(C)C3=O)c2)c1. The van der Waals surface area contributed by atoms with Gasteiger partial charge in [0.1, 0.15) is 6.67 Å². The van der Waals surface area contributed by atoms with E-state index in [1.807, 2.05) is 24.3 Å². The summed E-state index contributed by atoms with van der Waals surface area (Å²) < 4.78 is 13.4. The van der Waals surface area contributed by atoms with Crippen LogP contribution in [0.2, 0.25) is 0 Å². The number of aromatic nitrogens is 2. The largest absolute Gasteiger partial charge is 0.369 e. The van der Waals surface area contributed by atoms with Crippen molar-refractivity contribution in [3.63, 3.8) is 0 Å². The third kappa shape index (κ3) is 3.42. The number of benzene rings is 1. The molecule has 7 heteroatoms. The molecule has 0 fully saturated rings. The molecule has 1 unspecified atom stereocenters. The number of nitrogens with two attached hydrogens (primary N) is 1. The molecule has 1 amide bonds. The number of amides is 1. The number of carbonyl (C=O) groups excluding carboxylic acids is 1. The van der Waals surface area contributed by atoms with Crippen molar-refractivity contribution in [2.24, 2.45) is 10.7 Å². The summed E-state index contributed by atoms with van der Waals surface area (Å²) in [5.74, 6) is 5.58. The lowest BCUT2D eigenvalue weighted by Gasteiger charge is -2.25. The van der Waals surface area contributed by atoms with E-state index in [1.54, 1.807) is 44.6 Å². The molecule has 1 atom stereocenters. The average Bonchev–Trinajstić information content (AvgIpc) is 3.04. The second-order valence-electron chi connectivity index (χ2n) is 7.15. The van der Waals surface area contributed by atoms with Crippen molar-refractivity contribution in [3.8, 4) is 23.0 Å². The highest BCUT2D eigenvalue weighted by molar-refractivity contribution is 6.08. The van der Waals surface area contributed by atoms with Gasteiger partial charge in [0.15, 0.2) is 5.96 Å². The van der Waals surface area contributed by atoms with Crippen molar-refractivity contribution in [3.05, 3.63) is 83.4 Å². The number of likely N-dealkylation sites (N-methyl/N-ethyl adjacent to an activating group) is 1. The van der Waals surface area contributed by atoms with Gasteiger partial charge in [-0.25, -0.2) is 9.38 Å². The summed E-state index contributed by atoms with van der Waals surface area (Å²) in [7, 11) is 1.56. The Kier molecular flexibility index (Phi) is 5.22. The van der Waals surface area contributed by atoms with Crippen molar-refractivity contribution in [2.45, 2.75) is 19.1 Å². The van der Waals surface area contributed by atoms with Gasteiger partial charge in [0.2, 0.25) is 5.54 Å². The number of alkyl halides is 1. The van der Waals surface area contributed by atoms with E-state index >= 15 is 0 Å². The van der Waals surface area contributed by atoms with Gasteiger partial charge in [-0.2, -0.15) is 0 Å². The Labute approximate surface area is 179 Å². The number of nitrogens with zero attached hydrogens (tertiary/aromatic N) is 4. The molecular formula is C24H20FN5O. The standard InChI is InChI=1S/C24H20FN5O/c1-3-5-17-10-19(15-27-14-17)18-6-4-7-20(12-18)24(22(31)30(2)23(26)29-24)21-11-16(13-25)8-9-28-21/h4,6-12,14-15H,13H2,1-2H3,(H2,26,29). The number of rotatable bonds is 4. The fourth-order valence-corrected chi connectivity index (χ4v) is 3.63. The van der Waals surface area contributed by atoms with Crippen LogP contribution in [-0.2, 0) is 17.0 Å². The minimum absolute atomic E-state index is 0.0738. The molecule has 3 aromatic rings. The summed E-state index contributed by atoms with van der Waals surface area (Å²) in [5, 5.41) is 0. The van der Waals surface area contributed by atoms with Gasteiger partial charge in [-0.15, -0.1) is 5.92 Å². The zero-order chi connectivity index (χ0) is 22.0. The number of pyridine rings is 2. The molecule has 0 radical (unpaired) electrons. The third-order valence-electron chi connectivity index (χ3n) is 5.21. The van der Waals surface area contributed by atoms with Crippen LogP contribution < -0.4 is 5.73 Å². The molecular weight excluding hydrogens is 393 g/mol. The topological polar surface area (TPSA) is 84.5 Å². The minimum Gasteiger partial charge on any atom is -0.369 e. The van der Waals surface area contributed by atoms with E-state index in [0.717, 1.165) is 16.7 Å². The van der Waals surface area contributed by atoms with E-state index in [4.69, 9.17) is 5.73 Å². The highest BCUT2D eigenvalue weighted by Crippen LogP contribution is 2.39. The van der Waals surface area contributed by atoms with Crippen molar-refractivity contribution in [2.75, 3.05) is 7.05 Å². The Bertz CT molecular complexity index is 1260. The smallest absolute Gasteiger partial charge is 0.267 e. The van der Waals surface area contributed by atoms with E-state index in [0.29, 0.717) is 16.8 Å². The molecule has 0 saturated heterocycles. The third-order valence-corrected chi connectivity index (χ3v) is 5.21. The first kappa shape index (κ1) is 20.2. The monoisotopic (exact) mass is 413 g/mol. The van der Waals surface area contributed by atoms with E-state index in [1.165, 1.54) is 11.1 Å². The van der Waals surface area contributed by atoms with Crippen LogP contribution >= 0.6 is 0 Å². The van der Waals surface area contributed by atoms with Gasteiger partial charge in [-0.3, -0.25) is 19.7 Å². The van der Waals surface area contributed by atoms with Crippen molar-refractivity contribution >= 4 is 11.9 Å². The summed E-state index contributed by atoms with van der Waals surface area (Å²) in [5.41, 5.74) is 8.31. The van der Waals surface area contributed by atoms with Crippen molar-refractivity contribution < 1.29 is 9.18 Å². The predicted molar refractivity (Wildman–Crippen MR) is 116 cm³/mol. The van der Waals surface area contributed by atoms with Gasteiger partial charge in [0, 0.05) is 36.8 Å². The maximum Gasteiger partial charge on any atom is 0.267 e. The zero-order valence-corrected chi connectivity index (χ0v) is 17.1. The lowest BCUT2D eigenvalue weighted by atomic mass is 9.84. The van der Waals surface area contributed by atoms with Crippen LogP contribution in [0.4, 0.5) is 4.39 Å². The highest BCUT2D eigenvalue weighted by Gasteiger charge is 2.50. The van der Waals surface area contributed by atoms with E-state index < -0.39 is 12.2 Å². The normalized spacial score (nSPS) is 17.8. The van der Waals surface area contributed by atoms with Crippen LogP contribution in [0.3, 0.4) is 0 Å². The molecule has 31 heavy (non-hydrogen) atoms. The molecule has 0 spiro atoms. The Balaban J connectivity index is 1.92. The first-order valence-corrected chi connectivity index (χ1v) is 9.63. The quantitative estimate of drug-likeness (QED) is 0.667. The summed E-state index contributed by atoms with van der Waals surface area (Å²) in [4.78, 5) is 27.8. The molecule has 0 saturated carbocycles.